The van der Waals surface area contributed by atoms with Gasteiger partial charge in [-0.3, -0.25) is 0 Å². The first-order valence-corrected chi connectivity index (χ1v) is 11.5. The van der Waals surface area contributed by atoms with E-state index in [1.165, 1.54) is 3.97 Å². The number of aryl methyl sites for hydroxylation is 1. The van der Waals surface area contributed by atoms with Crippen LogP contribution in [-0.2, 0) is 10.0 Å². The number of anilines is 1. The number of halogens is 1. The summed E-state index contributed by atoms with van der Waals surface area (Å²) >= 11 is 2.14. The molecule has 9 heteroatoms. The predicted octanol–water partition coefficient (Wildman–Crippen LogP) is 4.66. The van der Waals surface area contributed by atoms with Gasteiger partial charge in [0.1, 0.15) is 0 Å². The Morgan fingerprint density at radius 2 is 1.86 bits per heavy atom. The fraction of sp³-hybridized carbons (Fsp3) is 0.200. The lowest BCUT2D eigenvalue weighted by Gasteiger charge is -2.08. The summed E-state index contributed by atoms with van der Waals surface area (Å²) in [4.78, 5) is 4.60. The Balaban J connectivity index is 1.78. The van der Waals surface area contributed by atoms with Crippen LogP contribution in [0, 0.1) is 10.5 Å². The average Bonchev–Trinajstić information content (AvgIpc) is 3.26. The molecule has 0 unspecified atom stereocenters. The van der Waals surface area contributed by atoms with E-state index >= 15 is 0 Å². The predicted molar refractivity (Wildman–Crippen MR) is 120 cm³/mol. The van der Waals surface area contributed by atoms with Crippen molar-refractivity contribution < 1.29 is 12.9 Å². The van der Waals surface area contributed by atoms with Crippen LogP contribution in [0.25, 0.3) is 22.3 Å². The third kappa shape index (κ3) is 3.76. The third-order valence-electron chi connectivity index (χ3n) is 4.40. The van der Waals surface area contributed by atoms with E-state index in [-0.39, 0.29) is 10.9 Å². The lowest BCUT2D eigenvalue weighted by atomic mass is 10.1. The molecule has 0 saturated carbocycles. The van der Waals surface area contributed by atoms with E-state index in [0.717, 1.165) is 20.1 Å². The zero-order chi connectivity index (χ0) is 20.8. The van der Waals surface area contributed by atoms with Crippen molar-refractivity contribution in [2.24, 2.45) is 0 Å². The normalized spacial score (nSPS) is 12.0. The summed E-state index contributed by atoms with van der Waals surface area (Å²) in [5.41, 5.74) is 2.36. The number of benzene rings is 2. The van der Waals surface area contributed by atoms with Gasteiger partial charge in [0.05, 0.1) is 10.4 Å². The van der Waals surface area contributed by atoms with Crippen molar-refractivity contribution in [3.8, 4) is 11.4 Å². The monoisotopic (exact) mass is 522 g/mol. The number of fused-ring (bicyclic) bond motifs is 1. The summed E-state index contributed by atoms with van der Waals surface area (Å²) in [6, 6.07) is 12.8. The standard InChI is InChI=1S/C20H19IN4O3S/c1-12(2)22-20-23-19(24-28-20)14-6-9-18-16(10-14)17(21)11-25(18)29(26,27)15-7-4-13(3)5-8-15/h4-12H,1-3H3,(H,22,23,24). The molecule has 2 aromatic heterocycles. The van der Waals surface area contributed by atoms with Gasteiger partial charge in [-0.15, -0.1) is 0 Å². The molecule has 4 rings (SSSR count). The second-order valence-corrected chi connectivity index (χ2v) is 10.0. The first-order chi connectivity index (χ1) is 13.8. The number of hydrogen-bond donors (Lipinski definition) is 1. The molecule has 0 saturated heterocycles. The molecule has 1 N–H and O–H groups in total. The zero-order valence-electron chi connectivity index (χ0n) is 16.0. The van der Waals surface area contributed by atoms with Gasteiger partial charge >= 0.3 is 6.01 Å². The maximum absolute atomic E-state index is 13.1. The molecule has 0 aliphatic carbocycles. The minimum atomic E-state index is -3.70. The highest BCUT2D eigenvalue weighted by molar-refractivity contribution is 14.1. The summed E-state index contributed by atoms with van der Waals surface area (Å²) in [5.74, 6) is 0.444. The van der Waals surface area contributed by atoms with Crippen molar-refractivity contribution in [3.63, 3.8) is 0 Å². The molecule has 0 bridgehead atoms. The van der Waals surface area contributed by atoms with Crippen molar-refractivity contribution in [2.45, 2.75) is 31.7 Å². The molecule has 0 spiro atoms. The molecule has 0 atom stereocenters. The summed E-state index contributed by atoms with van der Waals surface area (Å²) < 4.78 is 33.7. The van der Waals surface area contributed by atoms with Crippen LogP contribution < -0.4 is 5.32 Å². The van der Waals surface area contributed by atoms with Crippen molar-refractivity contribution in [2.75, 3.05) is 5.32 Å². The molecule has 0 aliphatic rings. The lowest BCUT2D eigenvalue weighted by molar-refractivity contribution is 0.429. The Morgan fingerprint density at radius 3 is 2.55 bits per heavy atom. The minimum absolute atomic E-state index is 0.174. The van der Waals surface area contributed by atoms with Gasteiger partial charge in [0.15, 0.2) is 0 Å². The van der Waals surface area contributed by atoms with E-state index in [1.807, 2.05) is 26.8 Å². The molecular weight excluding hydrogens is 503 g/mol. The third-order valence-corrected chi connectivity index (χ3v) is 6.94. The molecule has 7 nitrogen and oxygen atoms in total. The molecule has 0 aliphatic heterocycles. The minimum Gasteiger partial charge on any atom is -0.336 e. The number of nitrogens with one attached hydrogen (secondary N) is 1. The van der Waals surface area contributed by atoms with E-state index in [2.05, 4.69) is 38.0 Å². The largest absolute Gasteiger partial charge is 0.336 e. The van der Waals surface area contributed by atoms with Crippen molar-refractivity contribution in [3.05, 3.63) is 57.8 Å². The highest BCUT2D eigenvalue weighted by atomic mass is 127. The van der Waals surface area contributed by atoms with Gasteiger partial charge in [-0.25, -0.2) is 12.4 Å². The number of aromatic nitrogens is 3. The van der Waals surface area contributed by atoms with E-state index in [0.29, 0.717) is 17.4 Å². The van der Waals surface area contributed by atoms with Gasteiger partial charge in [0.25, 0.3) is 10.0 Å². The van der Waals surface area contributed by atoms with Crippen molar-refractivity contribution in [1.29, 1.82) is 0 Å². The molecular formula is C20H19IN4O3S. The number of nitrogens with zero attached hydrogens (tertiary/aromatic N) is 3. The SMILES string of the molecule is Cc1ccc(S(=O)(=O)n2cc(I)c3cc(-c4noc(NC(C)C)n4)ccc32)cc1. The molecule has 2 aromatic carbocycles. The molecule has 0 fully saturated rings. The fourth-order valence-electron chi connectivity index (χ4n) is 2.97. The van der Waals surface area contributed by atoms with Crippen LogP contribution in [0.3, 0.4) is 0 Å². The Bertz CT molecular complexity index is 1290. The number of rotatable bonds is 5. The molecule has 0 radical (unpaired) electrons. The summed E-state index contributed by atoms with van der Waals surface area (Å²) in [5, 5.41) is 7.88. The van der Waals surface area contributed by atoms with Gasteiger partial charge in [-0.05, 0) is 73.7 Å². The quantitative estimate of drug-likeness (QED) is 0.384. The Labute approximate surface area is 182 Å². The van der Waals surface area contributed by atoms with E-state index in [1.54, 1.807) is 42.6 Å². The maximum atomic E-state index is 13.1. The zero-order valence-corrected chi connectivity index (χ0v) is 19.0. The van der Waals surface area contributed by atoms with Crippen LogP contribution in [0.2, 0.25) is 0 Å². The van der Waals surface area contributed by atoms with Crippen LogP contribution in [0.5, 0.6) is 0 Å². The van der Waals surface area contributed by atoms with Crippen LogP contribution in [-0.4, -0.2) is 28.6 Å². The summed E-state index contributed by atoms with van der Waals surface area (Å²) in [6.07, 6.45) is 1.63. The lowest BCUT2D eigenvalue weighted by Crippen LogP contribution is -2.11. The smallest absolute Gasteiger partial charge is 0.321 e. The number of hydrogen-bond acceptors (Lipinski definition) is 6. The van der Waals surface area contributed by atoms with Gasteiger partial charge in [0, 0.05) is 26.8 Å². The summed E-state index contributed by atoms with van der Waals surface area (Å²) in [6.45, 7) is 5.89. The highest BCUT2D eigenvalue weighted by Crippen LogP contribution is 2.30. The second-order valence-electron chi connectivity index (χ2n) is 7.05. The Morgan fingerprint density at radius 1 is 1.14 bits per heavy atom. The Kier molecular flexibility index (Phi) is 5.11. The Hall–Kier alpha value is -2.40. The van der Waals surface area contributed by atoms with Crippen LogP contribution in [0.4, 0.5) is 6.01 Å². The van der Waals surface area contributed by atoms with Crippen LogP contribution in [0.1, 0.15) is 19.4 Å². The van der Waals surface area contributed by atoms with Crippen molar-refractivity contribution in [1.82, 2.24) is 14.1 Å². The van der Waals surface area contributed by atoms with Gasteiger partial charge in [0.2, 0.25) is 5.82 Å². The van der Waals surface area contributed by atoms with Crippen molar-refractivity contribution >= 4 is 49.5 Å². The second kappa shape index (κ2) is 7.45. The first kappa shape index (κ1) is 19.9. The van der Waals surface area contributed by atoms with Gasteiger partial charge in [-0.1, -0.05) is 22.9 Å². The molecule has 0 amide bonds. The van der Waals surface area contributed by atoms with E-state index in [4.69, 9.17) is 4.52 Å². The van der Waals surface area contributed by atoms with E-state index in [9.17, 15) is 8.42 Å². The topological polar surface area (TPSA) is 90.0 Å². The average molecular weight is 522 g/mol. The summed E-state index contributed by atoms with van der Waals surface area (Å²) in [7, 11) is -3.70. The maximum Gasteiger partial charge on any atom is 0.321 e. The molecule has 29 heavy (non-hydrogen) atoms. The van der Waals surface area contributed by atoms with Gasteiger partial charge < -0.3 is 9.84 Å². The molecule has 4 aromatic rings. The van der Waals surface area contributed by atoms with Crippen LogP contribution >= 0.6 is 22.6 Å². The first-order valence-electron chi connectivity index (χ1n) is 8.99. The molecule has 150 valence electrons. The fourth-order valence-corrected chi connectivity index (χ4v) is 5.24. The van der Waals surface area contributed by atoms with E-state index < -0.39 is 10.0 Å². The highest BCUT2D eigenvalue weighted by Gasteiger charge is 2.21. The molecule has 2 heterocycles. The van der Waals surface area contributed by atoms with Gasteiger partial charge in [-0.2, -0.15) is 4.98 Å². The van der Waals surface area contributed by atoms with Crippen LogP contribution in [0.15, 0.2) is 58.1 Å².